The van der Waals surface area contributed by atoms with Crippen molar-refractivity contribution in [2.45, 2.75) is 19.8 Å². The van der Waals surface area contributed by atoms with Crippen molar-refractivity contribution in [3.05, 3.63) is 59.2 Å². The van der Waals surface area contributed by atoms with E-state index in [0.29, 0.717) is 11.5 Å². The van der Waals surface area contributed by atoms with Crippen LogP contribution in [0.2, 0.25) is 0 Å². The van der Waals surface area contributed by atoms with Gasteiger partial charge in [-0.05, 0) is 42.3 Å². The maximum atomic E-state index is 10.9. The lowest BCUT2D eigenvalue weighted by atomic mass is 10.1. The first kappa shape index (κ1) is 14.6. The van der Waals surface area contributed by atoms with E-state index in [4.69, 9.17) is 15.1 Å². The van der Waals surface area contributed by atoms with E-state index in [9.17, 15) is 4.79 Å². The van der Waals surface area contributed by atoms with Crippen LogP contribution in [0.25, 0.3) is 0 Å². The van der Waals surface area contributed by atoms with Gasteiger partial charge in [-0.1, -0.05) is 25.5 Å². The van der Waals surface area contributed by atoms with Gasteiger partial charge in [-0.2, -0.15) is 5.26 Å². The molecule has 0 aliphatic heterocycles. The maximum absolute atomic E-state index is 10.9. The van der Waals surface area contributed by atoms with Crippen LogP contribution in [-0.2, 0) is 6.42 Å². The zero-order valence-electron chi connectivity index (χ0n) is 11.7. The van der Waals surface area contributed by atoms with E-state index < -0.39 is 5.97 Å². The molecular weight excluding hydrogens is 266 g/mol. The van der Waals surface area contributed by atoms with E-state index in [2.05, 4.69) is 6.92 Å². The number of ether oxygens (including phenoxy) is 1. The third-order valence-corrected chi connectivity index (χ3v) is 3.04. The fourth-order valence-electron chi connectivity index (χ4n) is 1.98. The molecule has 21 heavy (non-hydrogen) atoms. The van der Waals surface area contributed by atoms with Crippen molar-refractivity contribution < 1.29 is 14.6 Å². The Morgan fingerprint density at radius 3 is 2.52 bits per heavy atom. The van der Waals surface area contributed by atoms with Crippen LogP contribution in [0.5, 0.6) is 11.5 Å². The molecule has 0 aromatic heterocycles. The second-order valence-corrected chi connectivity index (χ2v) is 4.62. The minimum Gasteiger partial charge on any atom is -0.478 e. The molecule has 2 rings (SSSR count). The average Bonchev–Trinajstić information content (AvgIpc) is 2.49. The SMILES string of the molecule is CCCc1ccc(Oc2ccc(C(=O)O)cc2C#N)cc1. The monoisotopic (exact) mass is 281 g/mol. The fourth-order valence-corrected chi connectivity index (χ4v) is 1.98. The van der Waals surface area contributed by atoms with Crippen LogP contribution >= 0.6 is 0 Å². The summed E-state index contributed by atoms with van der Waals surface area (Å²) in [6.45, 7) is 2.12. The normalized spacial score (nSPS) is 9.90. The lowest BCUT2D eigenvalue weighted by Gasteiger charge is -2.08. The van der Waals surface area contributed by atoms with Crippen molar-refractivity contribution in [2.24, 2.45) is 0 Å². The second-order valence-electron chi connectivity index (χ2n) is 4.62. The molecule has 0 heterocycles. The van der Waals surface area contributed by atoms with Gasteiger partial charge in [0.15, 0.2) is 0 Å². The topological polar surface area (TPSA) is 70.3 Å². The lowest BCUT2D eigenvalue weighted by molar-refractivity contribution is 0.0697. The van der Waals surface area contributed by atoms with Gasteiger partial charge in [0.2, 0.25) is 0 Å². The Morgan fingerprint density at radius 1 is 1.24 bits per heavy atom. The summed E-state index contributed by atoms with van der Waals surface area (Å²) in [5.74, 6) is -0.0952. The molecule has 0 saturated carbocycles. The number of aryl methyl sites for hydroxylation is 1. The zero-order valence-corrected chi connectivity index (χ0v) is 11.7. The minimum absolute atomic E-state index is 0.0668. The molecular formula is C17H15NO3. The quantitative estimate of drug-likeness (QED) is 0.899. The molecule has 2 aromatic rings. The van der Waals surface area contributed by atoms with Crippen molar-refractivity contribution >= 4 is 5.97 Å². The molecule has 0 spiro atoms. The first-order chi connectivity index (χ1) is 10.1. The van der Waals surface area contributed by atoms with Crippen LogP contribution in [0.3, 0.4) is 0 Å². The van der Waals surface area contributed by atoms with Crippen molar-refractivity contribution in [1.29, 1.82) is 5.26 Å². The number of nitrogens with zero attached hydrogens (tertiary/aromatic N) is 1. The molecule has 4 heteroatoms. The van der Waals surface area contributed by atoms with Crippen LogP contribution in [0.1, 0.15) is 34.8 Å². The summed E-state index contributed by atoms with van der Waals surface area (Å²) in [5.41, 5.74) is 1.50. The minimum atomic E-state index is -1.07. The first-order valence-electron chi connectivity index (χ1n) is 6.68. The molecule has 0 aliphatic carbocycles. The Balaban J connectivity index is 2.23. The Labute approximate surface area is 123 Å². The average molecular weight is 281 g/mol. The molecule has 0 radical (unpaired) electrons. The van der Waals surface area contributed by atoms with Gasteiger partial charge in [-0.15, -0.1) is 0 Å². The number of aromatic carboxylic acids is 1. The number of nitriles is 1. The Morgan fingerprint density at radius 2 is 1.95 bits per heavy atom. The van der Waals surface area contributed by atoms with E-state index >= 15 is 0 Å². The summed E-state index contributed by atoms with van der Waals surface area (Å²) < 4.78 is 5.65. The summed E-state index contributed by atoms with van der Waals surface area (Å²) in [5, 5.41) is 18.0. The van der Waals surface area contributed by atoms with Crippen molar-refractivity contribution in [1.82, 2.24) is 0 Å². The standard InChI is InChI=1S/C17H15NO3/c1-2-3-12-4-7-15(8-5-12)21-16-9-6-13(17(19)20)10-14(16)11-18/h4-10H,2-3H2,1H3,(H,19,20). The number of carbonyl (C=O) groups is 1. The van der Waals surface area contributed by atoms with Crippen molar-refractivity contribution in [2.75, 3.05) is 0 Å². The van der Waals surface area contributed by atoms with Crippen LogP contribution in [0, 0.1) is 11.3 Å². The van der Waals surface area contributed by atoms with Gasteiger partial charge >= 0.3 is 5.97 Å². The maximum Gasteiger partial charge on any atom is 0.335 e. The second kappa shape index (κ2) is 6.58. The number of rotatable bonds is 5. The first-order valence-corrected chi connectivity index (χ1v) is 6.68. The molecule has 0 fully saturated rings. The van der Waals surface area contributed by atoms with Gasteiger partial charge < -0.3 is 9.84 Å². The van der Waals surface area contributed by atoms with Crippen LogP contribution in [0.4, 0.5) is 0 Å². The number of carboxylic acid groups (broad SMARTS) is 1. The van der Waals surface area contributed by atoms with Gasteiger partial charge in [0.25, 0.3) is 0 Å². The largest absolute Gasteiger partial charge is 0.478 e. The summed E-state index contributed by atoms with van der Waals surface area (Å²) in [7, 11) is 0. The van der Waals surface area contributed by atoms with Crippen LogP contribution in [0.15, 0.2) is 42.5 Å². The molecule has 2 aromatic carbocycles. The number of benzene rings is 2. The van der Waals surface area contributed by atoms with E-state index in [0.717, 1.165) is 12.8 Å². The van der Waals surface area contributed by atoms with E-state index in [1.807, 2.05) is 30.3 Å². The molecule has 106 valence electrons. The number of hydrogen-bond acceptors (Lipinski definition) is 3. The summed E-state index contributed by atoms with van der Waals surface area (Å²) in [6.07, 6.45) is 2.09. The van der Waals surface area contributed by atoms with Crippen molar-refractivity contribution in [3.8, 4) is 17.6 Å². The van der Waals surface area contributed by atoms with Crippen LogP contribution in [-0.4, -0.2) is 11.1 Å². The van der Waals surface area contributed by atoms with E-state index in [1.54, 1.807) is 0 Å². The van der Waals surface area contributed by atoms with E-state index in [-0.39, 0.29) is 11.1 Å². The number of hydrogen-bond donors (Lipinski definition) is 1. The highest BCUT2D eigenvalue weighted by Crippen LogP contribution is 2.26. The molecule has 0 saturated heterocycles. The smallest absolute Gasteiger partial charge is 0.335 e. The molecule has 0 aliphatic rings. The predicted octanol–water partition coefficient (Wildman–Crippen LogP) is 4.00. The third-order valence-electron chi connectivity index (χ3n) is 3.04. The molecule has 4 nitrogen and oxygen atoms in total. The van der Waals surface area contributed by atoms with Gasteiger partial charge in [0, 0.05) is 0 Å². The lowest BCUT2D eigenvalue weighted by Crippen LogP contribution is -1.98. The summed E-state index contributed by atoms with van der Waals surface area (Å²) in [6, 6.07) is 13.8. The Hall–Kier alpha value is -2.80. The molecule has 0 amide bonds. The molecule has 0 unspecified atom stereocenters. The highest BCUT2D eigenvalue weighted by Gasteiger charge is 2.10. The molecule has 0 bridgehead atoms. The van der Waals surface area contributed by atoms with Gasteiger partial charge in [0.05, 0.1) is 11.1 Å². The van der Waals surface area contributed by atoms with Gasteiger partial charge in [-0.3, -0.25) is 0 Å². The highest BCUT2D eigenvalue weighted by molar-refractivity contribution is 5.88. The third kappa shape index (κ3) is 3.61. The van der Waals surface area contributed by atoms with E-state index in [1.165, 1.54) is 23.8 Å². The Bertz CT molecular complexity index is 684. The molecule has 1 N–H and O–H groups in total. The van der Waals surface area contributed by atoms with Crippen molar-refractivity contribution in [3.63, 3.8) is 0 Å². The zero-order chi connectivity index (χ0) is 15.2. The number of carboxylic acids is 1. The summed E-state index contributed by atoms with van der Waals surface area (Å²) in [4.78, 5) is 10.9. The Kier molecular flexibility index (Phi) is 4.57. The fraction of sp³-hybridized carbons (Fsp3) is 0.176. The highest BCUT2D eigenvalue weighted by atomic mass is 16.5. The van der Waals surface area contributed by atoms with Crippen LogP contribution < -0.4 is 4.74 Å². The molecule has 0 atom stereocenters. The summed E-state index contributed by atoms with van der Waals surface area (Å²) >= 11 is 0. The van der Waals surface area contributed by atoms with Gasteiger partial charge in [0.1, 0.15) is 17.6 Å². The van der Waals surface area contributed by atoms with Gasteiger partial charge in [-0.25, -0.2) is 4.79 Å². The predicted molar refractivity (Wildman–Crippen MR) is 78.6 cm³/mol.